The number of terminal acetylenes is 1. The van der Waals surface area contributed by atoms with Crippen molar-refractivity contribution in [3.63, 3.8) is 0 Å². The van der Waals surface area contributed by atoms with Gasteiger partial charge in [-0.3, -0.25) is 4.79 Å². The third-order valence-corrected chi connectivity index (χ3v) is 2.72. The molecule has 0 unspecified atom stereocenters. The van der Waals surface area contributed by atoms with Gasteiger partial charge in [0.2, 0.25) is 0 Å². The molecule has 0 spiro atoms. The number of H-pyrrole nitrogens is 1. The summed E-state index contributed by atoms with van der Waals surface area (Å²) >= 11 is 5.65. The number of nitrogens with one attached hydrogen (secondary N) is 1. The molecular weight excluding hydrogens is 224 g/mol. The van der Waals surface area contributed by atoms with E-state index in [0.717, 1.165) is 11.1 Å². The molecule has 1 aromatic carbocycles. The minimum atomic E-state index is -0.188. The number of halogens is 1. The molecule has 0 saturated heterocycles. The van der Waals surface area contributed by atoms with E-state index >= 15 is 0 Å². The zero-order valence-electron chi connectivity index (χ0n) is 8.67. The number of aryl methyl sites for hydroxylation is 1. The van der Waals surface area contributed by atoms with Crippen LogP contribution < -0.4 is 5.56 Å². The van der Waals surface area contributed by atoms with Crippen molar-refractivity contribution >= 4 is 22.5 Å². The van der Waals surface area contributed by atoms with Crippen LogP contribution in [0.1, 0.15) is 17.0 Å². The lowest BCUT2D eigenvalue weighted by Gasteiger charge is -2.04. The first-order valence-electron chi connectivity index (χ1n) is 4.72. The highest BCUT2D eigenvalue weighted by Gasteiger charge is 2.07. The Bertz CT molecular complexity index is 652. The minimum absolute atomic E-state index is 0.172. The normalized spacial score (nSPS) is 10.3. The predicted molar refractivity (Wildman–Crippen MR) is 64.6 cm³/mol. The Morgan fingerprint density at radius 1 is 1.56 bits per heavy atom. The second-order valence-corrected chi connectivity index (χ2v) is 3.69. The van der Waals surface area contributed by atoms with Gasteiger partial charge in [0, 0.05) is 5.56 Å². The van der Waals surface area contributed by atoms with E-state index in [9.17, 15) is 4.79 Å². The van der Waals surface area contributed by atoms with Gasteiger partial charge in [0.05, 0.1) is 16.8 Å². The first-order valence-corrected chi connectivity index (χ1v) is 5.26. The summed E-state index contributed by atoms with van der Waals surface area (Å²) in [4.78, 5) is 18.6. The van der Waals surface area contributed by atoms with Gasteiger partial charge >= 0.3 is 0 Å². The molecular formula is C12H9ClN2O. The van der Waals surface area contributed by atoms with Crippen molar-refractivity contribution in [2.75, 3.05) is 0 Å². The first-order chi connectivity index (χ1) is 7.67. The summed E-state index contributed by atoms with van der Waals surface area (Å²) in [6.45, 7) is 1.85. The maximum atomic E-state index is 11.7. The van der Waals surface area contributed by atoms with Gasteiger partial charge in [-0.15, -0.1) is 18.0 Å². The molecule has 0 aliphatic rings. The first kappa shape index (κ1) is 10.7. The van der Waals surface area contributed by atoms with Crippen LogP contribution in [-0.2, 0) is 5.88 Å². The number of hydrogen-bond donors (Lipinski definition) is 1. The Kier molecular flexibility index (Phi) is 2.67. The second kappa shape index (κ2) is 3.99. The number of aromatic nitrogens is 2. The predicted octanol–water partition coefficient (Wildman–Crippen LogP) is 1.95. The van der Waals surface area contributed by atoms with E-state index in [0.29, 0.717) is 16.7 Å². The number of fused-ring (bicyclic) bond motifs is 1. The summed E-state index contributed by atoms with van der Waals surface area (Å²) < 4.78 is 0. The quantitative estimate of drug-likeness (QED) is 0.604. The minimum Gasteiger partial charge on any atom is -0.309 e. The highest BCUT2D eigenvalue weighted by Crippen LogP contribution is 2.16. The van der Waals surface area contributed by atoms with Gasteiger partial charge in [-0.25, -0.2) is 4.98 Å². The van der Waals surface area contributed by atoms with E-state index in [4.69, 9.17) is 18.0 Å². The molecule has 0 saturated carbocycles. The Morgan fingerprint density at radius 2 is 2.31 bits per heavy atom. The molecule has 3 nitrogen and oxygen atoms in total. The molecule has 16 heavy (non-hydrogen) atoms. The molecule has 1 aromatic heterocycles. The number of nitrogens with zero attached hydrogens (tertiary/aromatic N) is 1. The average Bonchev–Trinajstić information content (AvgIpc) is 2.30. The fraction of sp³-hybridized carbons (Fsp3) is 0.167. The molecule has 0 fully saturated rings. The maximum Gasteiger partial charge on any atom is 0.258 e. The highest BCUT2D eigenvalue weighted by molar-refractivity contribution is 6.16. The zero-order valence-corrected chi connectivity index (χ0v) is 9.43. The molecule has 0 aliphatic heterocycles. The Labute approximate surface area is 97.5 Å². The van der Waals surface area contributed by atoms with Gasteiger partial charge in [0.25, 0.3) is 5.56 Å². The molecule has 0 amide bonds. The molecule has 0 atom stereocenters. The van der Waals surface area contributed by atoms with E-state index in [-0.39, 0.29) is 11.4 Å². The van der Waals surface area contributed by atoms with Crippen molar-refractivity contribution in [1.82, 2.24) is 9.97 Å². The van der Waals surface area contributed by atoms with Crippen LogP contribution in [-0.4, -0.2) is 9.97 Å². The van der Waals surface area contributed by atoms with Gasteiger partial charge in [0.1, 0.15) is 5.82 Å². The Morgan fingerprint density at radius 3 is 2.94 bits per heavy atom. The van der Waals surface area contributed by atoms with Crippen molar-refractivity contribution in [2.45, 2.75) is 12.8 Å². The lowest BCUT2D eigenvalue weighted by molar-refractivity contribution is 1.03. The Balaban J connectivity index is 2.93. The molecule has 1 N–H and O–H groups in total. The third kappa shape index (κ3) is 1.58. The van der Waals surface area contributed by atoms with E-state index in [1.807, 2.05) is 6.92 Å². The number of rotatable bonds is 1. The summed E-state index contributed by atoms with van der Waals surface area (Å²) in [5.41, 5.74) is 2.01. The van der Waals surface area contributed by atoms with Gasteiger partial charge in [-0.05, 0) is 24.6 Å². The fourth-order valence-corrected chi connectivity index (χ4v) is 1.73. The van der Waals surface area contributed by atoms with Gasteiger partial charge in [-0.2, -0.15) is 0 Å². The van der Waals surface area contributed by atoms with Crippen molar-refractivity contribution in [1.29, 1.82) is 0 Å². The largest absolute Gasteiger partial charge is 0.309 e. The average molecular weight is 233 g/mol. The summed E-state index contributed by atoms with van der Waals surface area (Å²) in [7, 11) is 0. The lowest BCUT2D eigenvalue weighted by Crippen LogP contribution is -2.11. The van der Waals surface area contributed by atoms with Crippen molar-refractivity contribution in [3.05, 3.63) is 39.4 Å². The van der Waals surface area contributed by atoms with Crippen LogP contribution in [0.5, 0.6) is 0 Å². The highest BCUT2D eigenvalue weighted by atomic mass is 35.5. The van der Waals surface area contributed by atoms with Crippen molar-refractivity contribution < 1.29 is 0 Å². The van der Waals surface area contributed by atoms with E-state index in [1.54, 1.807) is 12.1 Å². The van der Waals surface area contributed by atoms with Crippen LogP contribution in [0, 0.1) is 19.3 Å². The topological polar surface area (TPSA) is 45.8 Å². The summed E-state index contributed by atoms with van der Waals surface area (Å²) in [6, 6.07) is 3.43. The maximum absolute atomic E-state index is 11.7. The van der Waals surface area contributed by atoms with Crippen LogP contribution in [0.3, 0.4) is 0 Å². The molecule has 0 radical (unpaired) electrons. The monoisotopic (exact) mass is 232 g/mol. The van der Waals surface area contributed by atoms with E-state index < -0.39 is 0 Å². The number of aromatic amines is 1. The van der Waals surface area contributed by atoms with Crippen LogP contribution in [0.15, 0.2) is 16.9 Å². The van der Waals surface area contributed by atoms with Crippen LogP contribution in [0.2, 0.25) is 0 Å². The zero-order chi connectivity index (χ0) is 11.7. The Hall–Kier alpha value is -1.79. The number of hydrogen-bond acceptors (Lipinski definition) is 2. The van der Waals surface area contributed by atoms with Crippen LogP contribution in [0.25, 0.3) is 10.9 Å². The summed E-state index contributed by atoms with van der Waals surface area (Å²) in [5, 5.41) is 0.533. The van der Waals surface area contributed by atoms with E-state index in [1.165, 1.54) is 0 Å². The summed E-state index contributed by atoms with van der Waals surface area (Å²) in [6.07, 6.45) is 5.36. The lowest BCUT2D eigenvalue weighted by atomic mass is 10.1. The van der Waals surface area contributed by atoms with Crippen molar-refractivity contribution in [3.8, 4) is 12.3 Å². The molecule has 1 heterocycles. The fourth-order valence-electron chi connectivity index (χ4n) is 1.61. The molecule has 4 heteroatoms. The van der Waals surface area contributed by atoms with Gasteiger partial charge in [0.15, 0.2) is 0 Å². The smallest absolute Gasteiger partial charge is 0.258 e. The molecule has 2 rings (SSSR count). The standard InChI is InChI=1S/C12H9ClN2O/c1-3-8-4-5-9-11(7(8)2)14-10(6-13)15-12(9)16/h1,4-5H,6H2,2H3,(H,14,15,16). The van der Waals surface area contributed by atoms with Gasteiger partial charge in [-0.1, -0.05) is 5.92 Å². The van der Waals surface area contributed by atoms with E-state index in [2.05, 4.69) is 15.9 Å². The molecule has 80 valence electrons. The number of alkyl halides is 1. The SMILES string of the molecule is C#Cc1ccc2c(=O)[nH]c(CCl)nc2c1C. The van der Waals surface area contributed by atoms with Crippen LogP contribution >= 0.6 is 11.6 Å². The molecule has 0 bridgehead atoms. The van der Waals surface area contributed by atoms with Gasteiger partial charge < -0.3 is 4.98 Å². The number of benzene rings is 1. The third-order valence-electron chi connectivity index (χ3n) is 2.46. The molecule has 0 aliphatic carbocycles. The second-order valence-electron chi connectivity index (χ2n) is 3.42. The van der Waals surface area contributed by atoms with Crippen molar-refractivity contribution in [2.24, 2.45) is 0 Å². The molecule has 2 aromatic rings. The van der Waals surface area contributed by atoms with Crippen LogP contribution in [0.4, 0.5) is 0 Å². The summed E-state index contributed by atoms with van der Waals surface area (Å²) in [5.74, 6) is 3.19.